The second-order valence-electron chi connectivity index (χ2n) is 5.57. The van der Waals surface area contributed by atoms with Gasteiger partial charge >= 0.3 is 5.97 Å². The van der Waals surface area contributed by atoms with E-state index in [2.05, 4.69) is 21.9 Å². The van der Waals surface area contributed by atoms with Crippen LogP contribution < -0.4 is 4.90 Å². The second kappa shape index (κ2) is 4.47. The molecule has 1 fully saturated rings. The first-order valence-electron chi connectivity index (χ1n) is 6.79. The Morgan fingerprint density at radius 1 is 1.50 bits per heavy atom. The summed E-state index contributed by atoms with van der Waals surface area (Å²) in [4.78, 5) is 18.0. The van der Waals surface area contributed by atoms with E-state index >= 15 is 0 Å². The van der Waals surface area contributed by atoms with Crippen LogP contribution >= 0.6 is 0 Å². The Labute approximate surface area is 117 Å². The Morgan fingerprint density at radius 3 is 2.85 bits per heavy atom. The fourth-order valence-electron chi connectivity index (χ4n) is 3.02. The first-order valence-corrected chi connectivity index (χ1v) is 6.79. The highest BCUT2D eigenvalue weighted by molar-refractivity contribution is 6.04. The van der Waals surface area contributed by atoms with Crippen LogP contribution in [0.25, 0.3) is 11.0 Å². The first-order chi connectivity index (χ1) is 9.49. The summed E-state index contributed by atoms with van der Waals surface area (Å²) in [6.45, 7) is 5.86. The molecular formula is C14H18N4O2. The fourth-order valence-corrected chi connectivity index (χ4v) is 3.02. The van der Waals surface area contributed by atoms with Crippen molar-refractivity contribution in [3.63, 3.8) is 0 Å². The van der Waals surface area contributed by atoms with E-state index in [9.17, 15) is 9.90 Å². The number of pyridine rings is 1. The maximum atomic E-state index is 11.5. The number of hydrogen-bond acceptors (Lipinski definition) is 4. The molecule has 1 atom stereocenters. The molecule has 3 rings (SSSR count). The van der Waals surface area contributed by atoms with Gasteiger partial charge in [-0.2, -0.15) is 5.10 Å². The smallest absolute Gasteiger partial charge is 0.339 e. The minimum atomic E-state index is -0.933. The van der Waals surface area contributed by atoms with Gasteiger partial charge in [-0.15, -0.1) is 0 Å². The molecule has 6 nitrogen and oxygen atoms in total. The molecule has 2 aromatic heterocycles. The lowest BCUT2D eigenvalue weighted by Crippen LogP contribution is -2.22. The fraction of sp³-hybridized carbons (Fsp3) is 0.500. The van der Waals surface area contributed by atoms with Gasteiger partial charge in [0.15, 0.2) is 5.65 Å². The number of hydrogen-bond donors (Lipinski definition) is 1. The molecule has 0 radical (unpaired) electrons. The summed E-state index contributed by atoms with van der Waals surface area (Å²) in [5, 5.41) is 14.7. The lowest BCUT2D eigenvalue weighted by molar-refractivity contribution is 0.0697. The average molecular weight is 274 g/mol. The number of aryl methyl sites for hydroxylation is 2. The van der Waals surface area contributed by atoms with Crippen molar-refractivity contribution in [2.24, 2.45) is 13.0 Å². The molecule has 0 spiro atoms. The number of anilines is 1. The number of fused-ring (bicyclic) bond motifs is 1. The van der Waals surface area contributed by atoms with E-state index < -0.39 is 5.97 Å². The standard InChI is InChI=1S/C14H18N4O2/c1-8-4-5-18(7-8)12-10(14(19)20)6-15-13-11(12)9(2)16-17(13)3/h6,8H,4-5,7H2,1-3H3,(H,19,20). The maximum Gasteiger partial charge on any atom is 0.339 e. The predicted molar refractivity (Wildman–Crippen MR) is 76.2 cm³/mol. The number of aromatic carboxylic acids is 1. The molecule has 1 unspecified atom stereocenters. The third kappa shape index (κ3) is 1.83. The van der Waals surface area contributed by atoms with Crippen LogP contribution in [-0.2, 0) is 7.05 Å². The number of carboxylic acids is 1. The zero-order valence-corrected chi connectivity index (χ0v) is 11.9. The van der Waals surface area contributed by atoms with Gasteiger partial charge in [0.1, 0.15) is 5.56 Å². The van der Waals surface area contributed by atoms with Gasteiger partial charge in [0.05, 0.1) is 16.8 Å². The summed E-state index contributed by atoms with van der Waals surface area (Å²) in [6, 6.07) is 0. The maximum absolute atomic E-state index is 11.5. The lowest BCUT2D eigenvalue weighted by atomic mass is 10.1. The topological polar surface area (TPSA) is 71.2 Å². The molecule has 1 aliphatic rings. The molecule has 2 aromatic rings. The molecule has 3 heterocycles. The molecular weight excluding hydrogens is 256 g/mol. The van der Waals surface area contributed by atoms with E-state index in [1.54, 1.807) is 4.68 Å². The van der Waals surface area contributed by atoms with Crippen LogP contribution in [0.4, 0.5) is 5.69 Å². The summed E-state index contributed by atoms with van der Waals surface area (Å²) >= 11 is 0. The summed E-state index contributed by atoms with van der Waals surface area (Å²) in [6.07, 6.45) is 2.53. The Balaban J connectivity index is 2.29. The van der Waals surface area contributed by atoms with E-state index in [1.807, 2.05) is 14.0 Å². The number of nitrogens with zero attached hydrogens (tertiary/aromatic N) is 4. The minimum Gasteiger partial charge on any atom is -0.478 e. The predicted octanol–water partition coefficient (Wildman–Crippen LogP) is 1.82. The lowest BCUT2D eigenvalue weighted by Gasteiger charge is -2.21. The normalized spacial score (nSPS) is 18.9. The molecule has 0 aliphatic carbocycles. The van der Waals surface area contributed by atoms with E-state index in [4.69, 9.17) is 0 Å². The number of carbonyl (C=O) groups is 1. The quantitative estimate of drug-likeness (QED) is 0.904. The summed E-state index contributed by atoms with van der Waals surface area (Å²) in [7, 11) is 1.83. The van der Waals surface area contributed by atoms with Gasteiger partial charge in [-0.3, -0.25) is 4.68 Å². The molecule has 1 aliphatic heterocycles. The summed E-state index contributed by atoms with van der Waals surface area (Å²) < 4.78 is 1.71. The van der Waals surface area contributed by atoms with Crippen LogP contribution in [0.15, 0.2) is 6.20 Å². The van der Waals surface area contributed by atoms with Crippen molar-refractivity contribution in [1.82, 2.24) is 14.8 Å². The van der Waals surface area contributed by atoms with Crippen LogP contribution in [0.1, 0.15) is 29.4 Å². The number of rotatable bonds is 2. The first kappa shape index (κ1) is 12.9. The summed E-state index contributed by atoms with van der Waals surface area (Å²) in [5.41, 5.74) is 2.61. The van der Waals surface area contributed by atoms with Gasteiger partial charge in [0, 0.05) is 26.3 Å². The van der Waals surface area contributed by atoms with Crippen LogP contribution in [0.5, 0.6) is 0 Å². The van der Waals surface area contributed by atoms with Crippen molar-refractivity contribution < 1.29 is 9.90 Å². The monoisotopic (exact) mass is 274 g/mol. The highest BCUT2D eigenvalue weighted by Gasteiger charge is 2.27. The zero-order valence-electron chi connectivity index (χ0n) is 11.9. The molecule has 0 saturated carbocycles. The van der Waals surface area contributed by atoms with Gasteiger partial charge in [0.25, 0.3) is 0 Å². The Morgan fingerprint density at radius 2 is 2.25 bits per heavy atom. The van der Waals surface area contributed by atoms with Gasteiger partial charge in [0.2, 0.25) is 0 Å². The largest absolute Gasteiger partial charge is 0.478 e. The second-order valence-corrected chi connectivity index (χ2v) is 5.57. The van der Waals surface area contributed by atoms with Crippen molar-refractivity contribution in [2.75, 3.05) is 18.0 Å². The SMILES string of the molecule is Cc1nn(C)c2ncc(C(=O)O)c(N3CCC(C)C3)c12. The van der Waals surface area contributed by atoms with Crippen molar-refractivity contribution in [2.45, 2.75) is 20.3 Å². The van der Waals surface area contributed by atoms with Crippen molar-refractivity contribution in [3.8, 4) is 0 Å². The van der Waals surface area contributed by atoms with Crippen LogP contribution in [-0.4, -0.2) is 38.9 Å². The molecule has 0 amide bonds. The third-order valence-electron chi connectivity index (χ3n) is 3.97. The summed E-state index contributed by atoms with van der Waals surface area (Å²) in [5.74, 6) is -0.353. The van der Waals surface area contributed by atoms with Crippen LogP contribution in [0.2, 0.25) is 0 Å². The molecule has 0 aromatic carbocycles. The van der Waals surface area contributed by atoms with Gasteiger partial charge < -0.3 is 10.0 Å². The zero-order chi connectivity index (χ0) is 14.4. The van der Waals surface area contributed by atoms with Crippen LogP contribution in [0, 0.1) is 12.8 Å². The van der Waals surface area contributed by atoms with Gasteiger partial charge in [-0.25, -0.2) is 9.78 Å². The molecule has 1 saturated heterocycles. The van der Waals surface area contributed by atoms with E-state index in [0.717, 1.165) is 41.9 Å². The van der Waals surface area contributed by atoms with E-state index in [-0.39, 0.29) is 5.56 Å². The molecule has 6 heteroatoms. The number of aromatic nitrogens is 3. The molecule has 106 valence electrons. The van der Waals surface area contributed by atoms with E-state index in [0.29, 0.717) is 5.92 Å². The Bertz CT molecular complexity index is 692. The van der Waals surface area contributed by atoms with E-state index in [1.165, 1.54) is 6.20 Å². The molecule has 20 heavy (non-hydrogen) atoms. The average Bonchev–Trinajstić information content (AvgIpc) is 2.93. The molecule has 1 N–H and O–H groups in total. The third-order valence-corrected chi connectivity index (χ3v) is 3.97. The van der Waals surface area contributed by atoms with Gasteiger partial charge in [-0.1, -0.05) is 6.92 Å². The van der Waals surface area contributed by atoms with Crippen LogP contribution in [0.3, 0.4) is 0 Å². The molecule has 0 bridgehead atoms. The highest BCUT2D eigenvalue weighted by Crippen LogP contribution is 2.34. The Kier molecular flexibility index (Phi) is 2.88. The minimum absolute atomic E-state index is 0.266. The van der Waals surface area contributed by atoms with Crippen molar-refractivity contribution >= 4 is 22.7 Å². The van der Waals surface area contributed by atoms with Crippen molar-refractivity contribution in [1.29, 1.82) is 0 Å². The number of carboxylic acid groups (broad SMARTS) is 1. The Hall–Kier alpha value is -2.11. The van der Waals surface area contributed by atoms with Crippen molar-refractivity contribution in [3.05, 3.63) is 17.5 Å². The highest BCUT2D eigenvalue weighted by atomic mass is 16.4. The van der Waals surface area contributed by atoms with Gasteiger partial charge in [-0.05, 0) is 19.3 Å².